The van der Waals surface area contributed by atoms with Gasteiger partial charge in [0.05, 0.1) is 5.56 Å². The molecule has 0 aliphatic carbocycles. The molecule has 1 N–H and O–H groups in total. The fourth-order valence-corrected chi connectivity index (χ4v) is 2.65. The molecular weight excluding hydrogens is 200 g/mol. The molecule has 1 aromatic rings. The minimum atomic E-state index is 0.179. The van der Waals surface area contributed by atoms with E-state index in [2.05, 4.69) is 18.8 Å². The van der Waals surface area contributed by atoms with Gasteiger partial charge in [-0.2, -0.15) is 0 Å². The van der Waals surface area contributed by atoms with Crippen LogP contribution in [0.25, 0.3) is 0 Å². The normalized spacial score (nSPS) is 25.8. The first kappa shape index (κ1) is 11.2. The van der Waals surface area contributed by atoms with Gasteiger partial charge < -0.3 is 9.88 Å². The van der Waals surface area contributed by atoms with Crippen molar-refractivity contribution in [2.45, 2.75) is 52.1 Å². The summed E-state index contributed by atoms with van der Waals surface area (Å²) in [5, 5.41) is 0. The molecule has 0 saturated carbocycles. The van der Waals surface area contributed by atoms with Gasteiger partial charge in [-0.05, 0) is 46.1 Å². The Hall–Kier alpha value is -1.25. The summed E-state index contributed by atoms with van der Waals surface area (Å²) < 4.78 is 0. The largest absolute Gasteiger partial charge is 0.365 e. The van der Waals surface area contributed by atoms with E-state index in [1.54, 1.807) is 0 Å². The van der Waals surface area contributed by atoms with Crippen molar-refractivity contribution in [1.82, 2.24) is 9.88 Å². The van der Waals surface area contributed by atoms with Gasteiger partial charge in [-0.15, -0.1) is 0 Å². The van der Waals surface area contributed by atoms with Crippen LogP contribution in [0.4, 0.5) is 0 Å². The monoisotopic (exact) mass is 220 g/mol. The van der Waals surface area contributed by atoms with E-state index in [-0.39, 0.29) is 5.91 Å². The Morgan fingerprint density at radius 3 is 2.50 bits per heavy atom. The second kappa shape index (κ2) is 4.32. The van der Waals surface area contributed by atoms with Crippen molar-refractivity contribution in [1.29, 1.82) is 0 Å². The Morgan fingerprint density at radius 1 is 1.38 bits per heavy atom. The van der Waals surface area contributed by atoms with Crippen molar-refractivity contribution in [3.63, 3.8) is 0 Å². The van der Waals surface area contributed by atoms with E-state index >= 15 is 0 Å². The average Bonchev–Trinajstić information content (AvgIpc) is 2.64. The summed E-state index contributed by atoms with van der Waals surface area (Å²) in [4.78, 5) is 17.5. The van der Waals surface area contributed by atoms with Crippen LogP contribution in [-0.2, 0) is 0 Å². The molecular formula is C13H20N2O. The zero-order valence-corrected chi connectivity index (χ0v) is 10.3. The molecule has 1 fully saturated rings. The summed E-state index contributed by atoms with van der Waals surface area (Å²) in [5.41, 5.74) is 1.79. The van der Waals surface area contributed by atoms with Gasteiger partial charge >= 0.3 is 0 Å². The number of piperidine rings is 1. The fourth-order valence-electron chi connectivity index (χ4n) is 2.65. The van der Waals surface area contributed by atoms with E-state index in [0.29, 0.717) is 12.1 Å². The van der Waals surface area contributed by atoms with E-state index in [4.69, 9.17) is 0 Å². The quantitative estimate of drug-likeness (QED) is 0.776. The minimum Gasteiger partial charge on any atom is -0.365 e. The van der Waals surface area contributed by atoms with E-state index in [9.17, 15) is 4.79 Å². The van der Waals surface area contributed by atoms with E-state index in [1.165, 1.54) is 6.42 Å². The van der Waals surface area contributed by atoms with E-state index in [1.807, 2.05) is 24.1 Å². The van der Waals surface area contributed by atoms with Crippen LogP contribution in [0.5, 0.6) is 0 Å². The Balaban J connectivity index is 2.23. The molecule has 0 aromatic carbocycles. The van der Waals surface area contributed by atoms with Crippen molar-refractivity contribution in [3.8, 4) is 0 Å². The zero-order chi connectivity index (χ0) is 11.7. The predicted molar refractivity (Wildman–Crippen MR) is 64.5 cm³/mol. The number of amides is 1. The molecule has 3 nitrogen and oxygen atoms in total. The Bertz CT molecular complexity index is 373. The number of aromatic nitrogens is 1. The molecule has 2 rings (SSSR count). The maximum absolute atomic E-state index is 12.4. The maximum atomic E-state index is 12.4. The SMILES string of the molecule is Cc1[nH]ccc1C(=O)N1C(C)CCCC1C. The van der Waals surface area contributed by atoms with Crippen molar-refractivity contribution in [3.05, 3.63) is 23.5 Å². The highest BCUT2D eigenvalue weighted by Gasteiger charge is 2.30. The molecule has 1 aliphatic rings. The number of carbonyl (C=O) groups excluding carboxylic acids is 1. The van der Waals surface area contributed by atoms with Crippen LogP contribution in [-0.4, -0.2) is 27.9 Å². The van der Waals surface area contributed by atoms with Crippen molar-refractivity contribution < 1.29 is 4.79 Å². The molecule has 1 aromatic heterocycles. The molecule has 0 bridgehead atoms. The highest BCUT2D eigenvalue weighted by atomic mass is 16.2. The topological polar surface area (TPSA) is 36.1 Å². The van der Waals surface area contributed by atoms with Gasteiger partial charge in [0.25, 0.3) is 5.91 Å². The number of hydrogen-bond acceptors (Lipinski definition) is 1. The summed E-state index contributed by atoms with van der Waals surface area (Å²) in [5.74, 6) is 0.179. The van der Waals surface area contributed by atoms with Crippen molar-refractivity contribution in [2.24, 2.45) is 0 Å². The van der Waals surface area contributed by atoms with Crippen molar-refractivity contribution >= 4 is 5.91 Å². The summed E-state index contributed by atoms with van der Waals surface area (Å²) in [6.07, 6.45) is 5.32. The predicted octanol–water partition coefficient (Wildman–Crippen LogP) is 2.73. The van der Waals surface area contributed by atoms with Crippen LogP contribution in [0.2, 0.25) is 0 Å². The van der Waals surface area contributed by atoms with Crippen LogP contribution < -0.4 is 0 Å². The number of nitrogens with one attached hydrogen (secondary N) is 1. The number of aromatic amines is 1. The van der Waals surface area contributed by atoms with Crippen LogP contribution in [0.3, 0.4) is 0 Å². The summed E-state index contributed by atoms with van der Waals surface area (Å²) in [6.45, 7) is 6.25. The first-order valence-electron chi connectivity index (χ1n) is 6.08. The summed E-state index contributed by atoms with van der Waals surface area (Å²) >= 11 is 0. The standard InChI is InChI=1S/C13H20N2O/c1-9-5-4-6-10(2)15(9)13(16)12-7-8-14-11(12)3/h7-10,14H,4-6H2,1-3H3. The molecule has 2 atom stereocenters. The molecule has 0 spiro atoms. The third kappa shape index (κ3) is 1.86. The highest BCUT2D eigenvalue weighted by Crippen LogP contribution is 2.25. The fraction of sp³-hybridized carbons (Fsp3) is 0.615. The Labute approximate surface area is 96.8 Å². The van der Waals surface area contributed by atoms with Gasteiger partial charge in [-0.3, -0.25) is 4.79 Å². The molecule has 0 radical (unpaired) electrons. The number of rotatable bonds is 1. The number of nitrogens with zero attached hydrogens (tertiary/aromatic N) is 1. The van der Waals surface area contributed by atoms with Crippen molar-refractivity contribution in [2.75, 3.05) is 0 Å². The molecule has 16 heavy (non-hydrogen) atoms. The molecule has 88 valence electrons. The maximum Gasteiger partial charge on any atom is 0.256 e. The highest BCUT2D eigenvalue weighted by molar-refractivity contribution is 5.95. The van der Waals surface area contributed by atoms with Gasteiger partial charge in [-0.25, -0.2) is 0 Å². The summed E-state index contributed by atoms with van der Waals surface area (Å²) in [7, 11) is 0. The molecule has 1 saturated heterocycles. The van der Waals surface area contributed by atoms with Crippen LogP contribution in [0, 0.1) is 6.92 Å². The first-order chi connectivity index (χ1) is 7.61. The Kier molecular flexibility index (Phi) is 3.03. The molecule has 1 amide bonds. The van der Waals surface area contributed by atoms with Gasteiger partial charge in [0.1, 0.15) is 0 Å². The number of H-pyrrole nitrogens is 1. The lowest BCUT2D eigenvalue weighted by Crippen LogP contribution is -2.47. The lowest BCUT2D eigenvalue weighted by Gasteiger charge is -2.39. The third-order valence-electron chi connectivity index (χ3n) is 3.61. The number of hydrogen-bond donors (Lipinski definition) is 1. The van der Waals surface area contributed by atoms with Gasteiger partial charge in [0, 0.05) is 24.0 Å². The average molecular weight is 220 g/mol. The third-order valence-corrected chi connectivity index (χ3v) is 3.61. The van der Waals surface area contributed by atoms with Gasteiger partial charge in [0.2, 0.25) is 0 Å². The smallest absolute Gasteiger partial charge is 0.256 e. The molecule has 2 heterocycles. The number of likely N-dealkylation sites (tertiary alicyclic amines) is 1. The van der Waals surface area contributed by atoms with Crippen LogP contribution in [0.1, 0.15) is 49.2 Å². The molecule has 3 heteroatoms. The molecule has 1 aliphatic heterocycles. The second-order valence-electron chi connectivity index (χ2n) is 4.86. The summed E-state index contributed by atoms with van der Waals surface area (Å²) in [6, 6.07) is 2.61. The lowest BCUT2D eigenvalue weighted by molar-refractivity contribution is 0.0510. The first-order valence-corrected chi connectivity index (χ1v) is 6.08. The van der Waals surface area contributed by atoms with Gasteiger partial charge in [0.15, 0.2) is 0 Å². The van der Waals surface area contributed by atoms with E-state index < -0.39 is 0 Å². The van der Waals surface area contributed by atoms with Crippen LogP contribution >= 0.6 is 0 Å². The lowest BCUT2D eigenvalue weighted by atomic mass is 9.96. The Morgan fingerprint density at radius 2 is 2.00 bits per heavy atom. The van der Waals surface area contributed by atoms with Crippen LogP contribution in [0.15, 0.2) is 12.3 Å². The number of aryl methyl sites for hydroxylation is 1. The van der Waals surface area contributed by atoms with E-state index in [0.717, 1.165) is 24.1 Å². The second-order valence-corrected chi connectivity index (χ2v) is 4.86. The minimum absolute atomic E-state index is 0.179. The van der Waals surface area contributed by atoms with Gasteiger partial charge in [-0.1, -0.05) is 0 Å². The number of carbonyl (C=O) groups is 1. The molecule has 2 unspecified atom stereocenters. The zero-order valence-electron chi connectivity index (χ0n) is 10.3.